The summed E-state index contributed by atoms with van der Waals surface area (Å²) in [5.74, 6) is 0.878. The number of thiazole rings is 1. The van der Waals surface area contributed by atoms with E-state index in [0.717, 1.165) is 25.1 Å². The molecule has 0 radical (unpaired) electrons. The average Bonchev–Trinajstić information content (AvgIpc) is 3.36. The number of carbonyl (C=O) groups is 1. The van der Waals surface area contributed by atoms with E-state index >= 15 is 0 Å². The van der Waals surface area contributed by atoms with Crippen LogP contribution in [0.1, 0.15) is 94.4 Å². The van der Waals surface area contributed by atoms with Crippen LogP contribution in [0.2, 0.25) is 5.02 Å². The second-order valence-corrected chi connectivity index (χ2v) is 12.0. The highest BCUT2D eigenvalue weighted by molar-refractivity contribution is 7.09. The van der Waals surface area contributed by atoms with Crippen molar-refractivity contribution in [3.63, 3.8) is 0 Å². The fourth-order valence-electron chi connectivity index (χ4n) is 4.61. The van der Waals surface area contributed by atoms with E-state index < -0.39 is 0 Å². The van der Waals surface area contributed by atoms with Crippen molar-refractivity contribution in [2.24, 2.45) is 0 Å². The fraction of sp³-hybridized carbons (Fsp3) is 0.515. The number of aryl methyl sites for hydroxylation is 1. The van der Waals surface area contributed by atoms with E-state index in [4.69, 9.17) is 21.1 Å². The van der Waals surface area contributed by atoms with Gasteiger partial charge in [0.1, 0.15) is 0 Å². The van der Waals surface area contributed by atoms with E-state index in [0.29, 0.717) is 23.1 Å². The molecule has 0 atom stereocenters. The van der Waals surface area contributed by atoms with Gasteiger partial charge in [-0.1, -0.05) is 113 Å². The molecule has 226 valence electrons. The van der Waals surface area contributed by atoms with Gasteiger partial charge in [0.25, 0.3) is 5.91 Å². The summed E-state index contributed by atoms with van der Waals surface area (Å²) in [4.78, 5) is 13.8. The van der Waals surface area contributed by atoms with Crippen LogP contribution in [-0.4, -0.2) is 19.1 Å². The van der Waals surface area contributed by atoms with Crippen molar-refractivity contribution in [3.05, 3.63) is 69.6 Å². The normalized spacial score (nSPS) is 10.7. The molecule has 1 N–H and O–H groups in total. The zero-order valence-electron chi connectivity index (χ0n) is 24.6. The van der Waals surface area contributed by atoms with Crippen molar-refractivity contribution in [3.8, 4) is 11.5 Å². The number of nitrogens with zero attached hydrogens (tertiary/aromatic N) is 1. The Kier molecular flexibility index (Phi) is 17.8. The minimum Gasteiger partial charge on any atom is -1.00 e. The van der Waals surface area contributed by atoms with Crippen molar-refractivity contribution < 1.29 is 35.8 Å². The van der Waals surface area contributed by atoms with Crippen LogP contribution in [0.3, 0.4) is 0 Å². The lowest BCUT2D eigenvalue weighted by Crippen LogP contribution is -3.00. The number of rotatable bonds is 20. The van der Waals surface area contributed by atoms with Gasteiger partial charge in [-0.2, -0.15) is 4.57 Å². The molecule has 3 rings (SSSR count). The number of anilines is 1. The maximum atomic E-state index is 12.5. The molecule has 0 fully saturated rings. The number of hydrogen-bond acceptors (Lipinski definition) is 4. The smallest absolute Gasteiger partial charge is 0.262 e. The molecule has 41 heavy (non-hydrogen) atoms. The van der Waals surface area contributed by atoms with Gasteiger partial charge in [0.2, 0.25) is 5.51 Å². The molecule has 0 spiro atoms. The van der Waals surface area contributed by atoms with Gasteiger partial charge in [0.05, 0.1) is 11.5 Å². The number of ether oxygens (including phenoxy) is 2. The summed E-state index contributed by atoms with van der Waals surface area (Å²) < 4.78 is 13.9. The highest BCUT2D eigenvalue weighted by atomic mass is 79.9. The second kappa shape index (κ2) is 20.7. The maximum Gasteiger partial charge on any atom is 0.262 e. The number of halogens is 2. The average molecular weight is 666 g/mol. The summed E-state index contributed by atoms with van der Waals surface area (Å²) in [7, 11) is 0. The molecule has 0 saturated heterocycles. The highest BCUT2D eigenvalue weighted by Gasteiger charge is 2.11. The van der Waals surface area contributed by atoms with Gasteiger partial charge in [0, 0.05) is 22.3 Å². The Morgan fingerprint density at radius 2 is 1.49 bits per heavy atom. The Bertz CT molecular complexity index is 1140. The molecule has 0 aliphatic heterocycles. The van der Waals surface area contributed by atoms with Crippen molar-refractivity contribution in [2.45, 2.75) is 97.4 Å². The Balaban J connectivity index is 0.00000588. The standard InChI is InChI=1S/C33H45ClN2O3S.BrH/c1-3-4-5-6-7-8-9-10-11-12-13-14-21-38-32-22-29(34)17-20-31(32)39-25-33(37)35-30-18-15-28(16-19-30)24-36-23-27(2)40-26-36;/h15-20,22-23,26H,3-14,21,24-25H2,1-2H3;1H. The fourth-order valence-corrected chi connectivity index (χ4v) is 5.41. The third-order valence-corrected chi connectivity index (χ3v) is 7.93. The number of carbonyl (C=O) groups excluding carboxylic acids is 1. The highest BCUT2D eigenvalue weighted by Crippen LogP contribution is 2.30. The molecule has 0 aliphatic carbocycles. The molecule has 0 unspecified atom stereocenters. The van der Waals surface area contributed by atoms with Gasteiger partial charge in [-0.25, -0.2) is 0 Å². The summed E-state index contributed by atoms with van der Waals surface area (Å²) in [6.45, 7) is 5.67. The molecule has 5 nitrogen and oxygen atoms in total. The second-order valence-electron chi connectivity index (χ2n) is 10.5. The van der Waals surface area contributed by atoms with Crippen molar-refractivity contribution >= 4 is 34.5 Å². The van der Waals surface area contributed by atoms with Gasteiger partial charge < -0.3 is 31.8 Å². The van der Waals surface area contributed by atoms with Crippen LogP contribution in [-0.2, 0) is 11.3 Å². The largest absolute Gasteiger partial charge is 1.00 e. The first-order valence-electron chi connectivity index (χ1n) is 14.9. The van der Waals surface area contributed by atoms with Gasteiger partial charge in [-0.05, 0) is 37.6 Å². The van der Waals surface area contributed by atoms with Crippen LogP contribution >= 0.6 is 22.9 Å². The van der Waals surface area contributed by atoms with Gasteiger partial charge in [-0.3, -0.25) is 4.79 Å². The van der Waals surface area contributed by atoms with Crippen LogP contribution in [0, 0.1) is 6.92 Å². The lowest BCUT2D eigenvalue weighted by atomic mass is 10.1. The van der Waals surface area contributed by atoms with Crippen molar-refractivity contribution in [2.75, 3.05) is 18.5 Å². The molecule has 2 aromatic carbocycles. The van der Waals surface area contributed by atoms with E-state index in [-0.39, 0.29) is 29.5 Å². The summed E-state index contributed by atoms with van der Waals surface area (Å²) >= 11 is 7.92. The first kappa shape index (κ1) is 35.1. The molecule has 0 bridgehead atoms. The number of nitrogens with one attached hydrogen (secondary N) is 1. The van der Waals surface area contributed by atoms with E-state index in [9.17, 15) is 4.79 Å². The lowest BCUT2D eigenvalue weighted by molar-refractivity contribution is -0.683. The van der Waals surface area contributed by atoms with Crippen LogP contribution in [0.15, 0.2) is 54.2 Å². The van der Waals surface area contributed by atoms with E-state index in [1.165, 1.54) is 74.6 Å². The Labute approximate surface area is 266 Å². The molecule has 0 aliphatic rings. The Morgan fingerprint density at radius 3 is 2.10 bits per heavy atom. The van der Waals surface area contributed by atoms with E-state index in [1.807, 2.05) is 24.3 Å². The number of aromatic nitrogens is 1. The molecule has 0 saturated carbocycles. The third kappa shape index (κ3) is 14.6. The molecule has 1 heterocycles. The third-order valence-electron chi connectivity index (χ3n) is 6.84. The zero-order chi connectivity index (χ0) is 28.4. The van der Waals surface area contributed by atoms with Gasteiger partial charge >= 0.3 is 0 Å². The molecule has 1 aromatic heterocycles. The number of amides is 1. The number of hydrogen-bond donors (Lipinski definition) is 1. The van der Waals surface area contributed by atoms with E-state index in [2.05, 4.69) is 35.4 Å². The predicted molar refractivity (Wildman–Crippen MR) is 167 cm³/mol. The Morgan fingerprint density at radius 1 is 0.854 bits per heavy atom. The van der Waals surface area contributed by atoms with Crippen LogP contribution < -0.4 is 36.3 Å². The minimum atomic E-state index is -0.225. The first-order valence-corrected chi connectivity index (χ1v) is 16.2. The van der Waals surface area contributed by atoms with E-state index in [1.54, 1.807) is 29.5 Å². The van der Waals surface area contributed by atoms with Gasteiger partial charge in [-0.15, -0.1) is 0 Å². The zero-order valence-corrected chi connectivity index (χ0v) is 27.8. The number of benzene rings is 2. The SMILES string of the molecule is CCCCCCCCCCCCCCOc1cc(Cl)ccc1OCC(=O)Nc1ccc(C[n+]2csc(C)c2)cc1.[Br-]. The number of unbranched alkanes of at least 4 members (excludes halogenated alkanes) is 11. The minimum absolute atomic E-state index is 0. The van der Waals surface area contributed by atoms with Crippen LogP contribution in [0.5, 0.6) is 11.5 Å². The lowest BCUT2D eigenvalue weighted by Gasteiger charge is -2.13. The quantitative estimate of drug-likeness (QED) is 0.116. The maximum absolute atomic E-state index is 12.5. The monoisotopic (exact) mass is 664 g/mol. The topological polar surface area (TPSA) is 51.4 Å². The van der Waals surface area contributed by atoms with Crippen molar-refractivity contribution in [1.29, 1.82) is 0 Å². The van der Waals surface area contributed by atoms with Gasteiger partial charge in [0.15, 0.2) is 30.8 Å². The Hall–Kier alpha value is -2.09. The van der Waals surface area contributed by atoms with Crippen LogP contribution in [0.4, 0.5) is 5.69 Å². The van der Waals surface area contributed by atoms with Crippen molar-refractivity contribution in [1.82, 2.24) is 0 Å². The summed E-state index contributed by atoms with van der Waals surface area (Å²) in [6, 6.07) is 13.1. The molecular weight excluding hydrogens is 620 g/mol. The molecule has 1 amide bonds. The molecule has 3 aromatic rings. The molecule has 8 heteroatoms. The van der Waals surface area contributed by atoms with Crippen LogP contribution in [0.25, 0.3) is 0 Å². The summed E-state index contributed by atoms with van der Waals surface area (Å²) in [5, 5.41) is 3.48. The summed E-state index contributed by atoms with van der Waals surface area (Å²) in [6.07, 6.45) is 17.8. The predicted octanol–water partition coefficient (Wildman–Crippen LogP) is 6.15. The molecular formula is C33H46BrClN2O3S. The summed E-state index contributed by atoms with van der Waals surface area (Å²) in [5.41, 5.74) is 4.02. The first-order chi connectivity index (χ1) is 19.5.